The number of carbonyl (C=O) groups excluding carboxylic acids is 2. The molecule has 4 rings (SSSR count). The monoisotopic (exact) mass is 370 g/mol. The second kappa shape index (κ2) is 6.65. The van der Waals surface area contributed by atoms with Gasteiger partial charge >= 0.3 is 12.0 Å². The summed E-state index contributed by atoms with van der Waals surface area (Å²) < 4.78 is 5.74. The number of urea groups is 1. The molecule has 0 saturated carbocycles. The normalized spacial score (nSPS) is 21.4. The first kappa shape index (κ1) is 16.9. The van der Waals surface area contributed by atoms with Crippen LogP contribution >= 0.6 is 11.6 Å². The molecular weight excluding hydrogens is 352 g/mol. The van der Waals surface area contributed by atoms with Crippen LogP contribution in [0, 0.1) is 0 Å². The predicted molar refractivity (Wildman–Crippen MR) is 98.0 cm³/mol. The highest BCUT2D eigenvalue weighted by atomic mass is 35.5. The molecule has 0 bridgehead atoms. The fourth-order valence-electron chi connectivity index (χ4n) is 3.74. The summed E-state index contributed by atoms with van der Waals surface area (Å²) in [5, 5.41) is 3.60. The Balaban J connectivity index is 1.46. The number of rotatable bonds is 2. The Bertz CT molecular complexity index is 852. The quantitative estimate of drug-likeness (QED) is 0.820. The average molecular weight is 371 g/mol. The van der Waals surface area contributed by atoms with Gasteiger partial charge in [0.15, 0.2) is 5.60 Å². The minimum atomic E-state index is -0.719. The first-order chi connectivity index (χ1) is 12.6. The summed E-state index contributed by atoms with van der Waals surface area (Å²) in [6, 6.07) is 14.7. The van der Waals surface area contributed by atoms with Crippen LogP contribution in [0.4, 0.5) is 4.79 Å². The third-order valence-electron chi connectivity index (χ3n) is 5.03. The molecule has 0 aliphatic carbocycles. The Hall–Kier alpha value is -2.53. The van der Waals surface area contributed by atoms with Gasteiger partial charge in [-0.05, 0) is 36.6 Å². The zero-order valence-corrected chi connectivity index (χ0v) is 15.0. The van der Waals surface area contributed by atoms with Crippen LogP contribution in [0.2, 0.25) is 5.02 Å². The van der Waals surface area contributed by atoms with Crippen LogP contribution in [-0.2, 0) is 16.9 Å². The lowest BCUT2D eigenvalue weighted by Crippen LogP contribution is -2.51. The Morgan fingerprint density at radius 2 is 1.96 bits per heavy atom. The van der Waals surface area contributed by atoms with Gasteiger partial charge in [0.05, 0.1) is 12.1 Å². The van der Waals surface area contributed by atoms with Crippen LogP contribution < -0.4 is 5.32 Å². The van der Waals surface area contributed by atoms with Crippen LogP contribution in [0.5, 0.6) is 0 Å². The summed E-state index contributed by atoms with van der Waals surface area (Å²) in [7, 11) is 0. The first-order valence-corrected chi connectivity index (χ1v) is 9.05. The number of likely N-dealkylation sites (tertiary alicyclic amines) is 1. The SMILES string of the molecule is O=C1OC2(CCCN(C(=O)NCc3ccc(Cl)cc3)C2)c2ccccc21. The van der Waals surface area contributed by atoms with Gasteiger partial charge in [-0.25, -0.2) is 9.59 Å². The number of benzene rings is 2. The van der Waals surface area contributed by atoms with E-state index in [1.807, 2.05) is 30.3 Å². The molecule has 1 unspecified atom stereocenters. The number of esters is 1. The second-order valence-corrected chi connectivity index (χ2v) is 7.18. The number of hydrogen-bond donors (Lipinski definition) is 1. The first-order valence-electron chi connectivity index (χ1n) is 8.67. The van der Waals surface area contributed by atoms with Crippen LogP contribution in [0.1, 0.15) is 34.3 Å². The van der Waals surface area contributed by atoms with Crippen molar-refractivity contribution in [2.45, 2.75) is 25.0 Å². The number of amides is 2. The van der Waals surface area contributed by atoms with Gasteiger partial charge in [-0.15, -0.1) is 0 Å². The molecule has 2 aliphatic heterocycles. The third-order valence-corrected chi connectivity index (χ3v) is 5.28. The molecule has 26 heavy (non-hydrogen) atoms. The summed E-state index contributed by atoms with van der Waals surface area (Å²) in [4.78, 5) is 26.6. The maximum absolute atomic E-state index is 12.6. The van der Waals surface area contributed by atoms with Gasteiger partial charge in [-0.2, -0.15) is 0 Å². The molecule has 2 aliphatic rings. The molecule has 2 heterocycles. The lowest BCUT2D eigenvalue weighted by Gasteiger charge is -2.39. The van der Waals surface area contributed by atoms with E-state index in [4.69, 9.17) is 16.3 Å². The van der Waals surface area contributed by atoms with E-state index in [9.17, 15) is 9.59 Å². The number of halogens is 1. The van der Waals surface area contributed by atoms with Crippen molar-refractivity contribution in [3.63, 3.8) is 0 Å². The molecule has 0 aromatic heterocycles. The van der Waals surface area contributed by atoms with E-state index in [1.54, 1.807) is 23.1 Å². The Kier molecular flexibility index (Phi) is 4.32. The fourth-order valence-corrected chi connectivity index (χ4v) is 3.86. The third kappa shape index (κ3) is 3.03. The standard InChI is InChI=1S/C20H19ClN2O3/c21-15-8-6-14(7-9-15)12-22-19(25)23-11-3-10-20(13-23)17-5-2-1-4-16(17)18(24)26-20/h1-2,4-9H,3,10-13H2,(H,22,25). The van der Waals surface area contributed by atoms with E-state index in [0.717, 1.165) is 24.0 Å². The van der Waals surface area contributed by atoms with Crippen molar-refractivity contribution in [3.05, 3.63) is 70.2 Å². The Morgan fingerprint density at radius 3 is 2.77 bits per heavy atom. The van der Waals surface area contributed by atoms with Crippen LogP contribution in [0.25, 0.3) is 0 Å². The number of nitrogens with zero attached hydrogens (tertiary/aromatic N) is 1. The molecule has 2 aromatic rings. The van der Waals surface area contributed by atoms with E-state index >= 15 is 0 Å². The van der Waals surface area contributed by atoms with Crippen molar-refractivity contribution in [3.8, 4) is 0 Å². The average Bonchev–Trinajstić information content (AvgIpc) is 2.93. The Morgan fingerprint density at radius 1 is 1.19 bits per heavy atom. The van der Waals surface area contributed by atoms with E-state index in [2.05, 4.69) is 5.32 Å². The van der Waals surface area contributed by atoms with E-state index < -0.39 is 5.60 Å². The van der Waals surface area contributed by atoms with Gasteiger partial charge in [-0.3, -0.25) is 0 Å². The molecular formula is C20H19ClN2O3. The summed E-state index contributed by atoms with van der Waals surface area (Å²) >= 11 is 5.88. The van der Waals surface area contributed by atoms with Crippen molar-refractivity contribution >= 4 is 23.6 Å². The summed E-state index contributed by atoms with van der Waals surface area (Å²) in [5.41, 5.74) is 1.76. The topological polar surface area (TPSA) is 58.6 Å². The molecule has 0 radical (unpaired) electrons. The molecule has 5 nitrogen and oxygen atoms in total. The smallest absolute Gasteiger partial charge is 0.339 e. The minimum absolute atomic E-state index is 0.153. The van der Waals surface area contributed by atoms with E-state index in [0.29, 0.717) is 30.2 Å². The second-order valence-electron chi connectivity index (χ2n) is 6.74. The number of fused-ring (bicyclic) bond motifs is 2. The summed E-state index contributed by atoms with van der Waals surface area (Å²) in [6.45, 7) is 1.45. The van der Waals surface area contributed by atoms with E-state index in [1.165, 1.54) is 0 Å². The number of ether oxygens (including phenoxy) is 1. The maximum atomic E-state index is 12.6. The van der Waals surface area contributed by atoms with Crippen LogP contribution in [-0.4, -0.2) is 30.0 Å². The van der Waals surface area contributed by atoms with Gasteiger partial charge in [0.2, 0.25) is 0 Å². The van der Waals surface area contributed by atoms with Gasteiger partial charge in [-0.1, -0.05) is 41.9 Å². The number of carbonyl (C=O) groups is 2. The largest absolute Gasteiger partial charge is 0.449 e. The van der Waals surface area contributed by atoms with Gasteiger partial charge < -0.3 is 15.0 Å². The molecule has 2 aromatic carbocycles. The molecule has 1 atom stereocenters. The lowest BCUT2D eigenvalue weighted by atomic mass is 9.85. The van der Waals surface area contributed by atoms with E-state index in [-0.39, 0.29) is 12.0 Å². The van der Waals surface area contributed by atoms with Crippen LogP contribution in [0.3, 0.4) is 0 Å². The molecule has 1 fully saturated rings. The van der Waals surface area contributed by atoms with Crippen molar-refractivity contribution < 1.29 is 14.3 Å². The molecule has 1 spiro atoms. The highest BCUT2D eigenvalue weighted by Gasteiger charge is 2.48. The molecule has 1 saturated heterocycles. The van der Waals surface area contributed by atoms with Crippen molar-refractivity contribution in [1.29, 1.82) is 0 Å². The molecule has 1 N–H and O–H groups in total. The highest BCUT2D eigenvalue weighted by molar-refractivity contribution is 6.30. The zero-order valence-electron chi connectivity index (χ0n) is 14.2. The Labute approximate surface area is 156 Å². The zero-order chi connectivity index (χ0) is 18.1. The number of nitrogens with one attached hydrogen (secondary N) is 1. The van der Waals surface area contributed by atoms with Gasteiger partial charge in [0.1, 0.15) is 0 Å². The maximum Gasteiger partial charge on any atom is 0.339 e. The summed E-state index contributed by atoms with van der Waals surface area (Å²) in [5.74, 6) is -0.302. The minimum Gasteiger partial charge on any atom is -0.449 e. The van der Waals surface area contributed by atoms with Gasteiger partial charge in [0.25, 0.3) is 0 Å². The van der Waals surface area contributed by atoms with Crippen molar-refractivity contribution in [2.24, 2.45) is 0 Å². The number of hydrogen-bond acceptors (Lipinski definition) is 3. The fraction of sp³-hybridized carbons (Fsp3) is 0.300. The molecule has 134 valence electrons. The highest BCUT2D eigenvalue weighted by Crippen LogP contribution is 2.42. The van der Waals surface area contributed by atoms with Gasteiger partial charge in [0, 0.05) is 23.7 Å². The van der Waals surface area contributed by atoms with Crippen molar-refractivity contribution in [1.82, 2.24) is 10.2 Å². The van der Waals surface area contributed by atoms with Crippen molar-refractivity contribution in [2.75, 3.05) is 13.1 Å². The predicted octanol–water partition coefficient (Wildman–Crippen LogP) is 3.71. The molecule has 2 amide bonds. The molecule has 6 heteroatoms. The van der Waals surface area contributed by atoms with Crippen LogP contribution in [0.15, 0.2) is 48.5 Å². The lowest BCUT2D eigenvalue weighted by molar-refractivity contribution is -0.0410. The summed E-state index contributed by atoms with van der Waals surface area (Å²) in [6.07, 6.45) is 1.52. The number of piperidine rings is 1.